The number of nitrogens with one attached hydrogen (secondary N) is 1. The standard InChI is InChI=1S/C13H17ClFNO/c14-11-5-1-3-9(13(11)15)7-12(17)10-4-2-6-16-8-10/h1,3,5,10,12,16-17H,2,4,6-8H2. The van der Waals surface area contributed by atoms with Crippen LogP contribution in [0.25, 0.3) is 0 Å². The van der Waals surface area contributed by atoms with Gasteiger partial charge in [-0.25, -0.2) is 4.39 Å². The third-order valence-corrected chi connectivity index (χ3v) is 3.63. The van der Waals surface area contributed by atoms with Gasteiger partial charge in [0.05, 0.1) is 11.1 Å². The summed E-state index contributed by atoms with van der Waals surface area (Å²) in [6.45, 7) is 1.82. The highest BCUT2D eigenvalue weighted by atomic mass is 35.5. The summed E-state index contributed by atoms with van der Waals surface area (Å²) in [4.78, 5) is 0. The van der Waals surface area contributed by atoms with E-state index < -0.39 is 11.9 Å². The molecule has 2 atom stereocenters. The molecule has 0 bridgehead atoms. The lowest BCUT2D eigenvalue weighted by Crippen LogP contribution is -2.37. The van der Waals surface area contributed by atoms with Gasteiger partial charge < -0.3 is 10.4 Å². The molecule has 2 unspecified atom stereocenters. The van der Waals surface area contributed by atoms with E-state index in [0.717, 1.165) is 25.9 Å². The maximum absolute atomic E-state index is 13.7. The molecule has 1 saturated heterocycles. The van der Waals surface area contributed by atoms with Crippen LogP contribution >= 0.6 is 11.6 Å². The number of aliphatic hydroxyl groups excluding tert-OH is 1. The predicted octanol–water partition coefficient (Wildman–Crippen LogP) is 2.38. The molecule has 0 aromatic heterocycles. The Labute approximate surface area is 106 Å². The van der Waals surface area contributed by atoms with E-state index in [-0.39, 0.29) is 10.9 Å². The summed E-state index contributed by atoms with van der Waals surface area (Å²) in [7, 11) is 0. The van der Waals surface area contributed by atoms with Crippen LogP contribution in [0.1, 0.15) is 18.4 Å². The second-order valence-corrected chi connectivity index (χ2v) is 5.00. The molecule has 94 valence electrons. The third kappa shape index (κ3) is 3.18. The molecule has 1 aromatic carbocycles. The lowest BCUT2D eigenvalue weighted by molar-refractivity contribution is 0.0914. The number of benzene rings is 1. The van der Waals surface area contributed by atoms with Gasteiger partial charge in [0.1, 0.15) is 5.82 Å². The molecular weight excluding hydrogens is 241 g/mol. The van der Waals surface area contributed by atoms with Gasteiger partial charge in [0, 0.05) is 13.0 Å². The summed E-state index contributed by atoms with van der Waals surface area (Å²) in [5.41, 5.74) is 0.496. The monoisotopic (exact) mass is 257 g/mol. The number of hydrogen-bond acceptors (Lipinski definition) is 2. The minimum atomic E-state index is -0.504. The van der Waals surface area contributed by atoms with Crippen LogP contribution in [-0.4, -0.2) is 24.3 Å². The van der Waals surface area contributed by atoms with Crippen LogP contribution in [0.4, 0.5) is 4.39 Å². The van der Waals surface area contributed by atoms with E-state index in [9.17, 15) is 9.50 Å². The average Bonchev–Trinajstić information content (AvgIpc) is 2.36. The minimum Gasteiger partial charge on any atom is -0.392 e. The van der Waals surface area contributed by atoms with Crippen LogP contribution in [0.15, 0.2) is 18.2 Å². The average molecular weight is 258 g/mol. The van der Waals surface area contributed by atoms with Gasteiger partial charge in [0.25, 0.3) is 0 Å². The van der Waals surface area contributed by atoms with Gasteiger partial charge in [0.15, 0.2) is 0 Å². The molecule has 2 N–H and O–H groups in total. The largest absolute Gasteiger partial charge is 0.392 e. The highest BCUT2D eigenvalue weighted by Gasteiger charge is 2.22. The number of aliphatic hydroxyl groups is 1. The van der Waals surface area contributed by atoms with E-state index in [2.05, 4.69) is 5.32 Å². The zero-order chi connectivity index (χ0) is 12.3. The number of piperidine rings is 1. The quantitative estimate of drug-likeness (QED) is 0.872. The van der Waals surface area contributed by atoms with Crippen molar-refractivity contribution in [1.82, 2.24) is 5.32 Å². The zero-order valence-electron chi connectivity index (χ0n) is 9.63. The molecule has 1 heterocycles. The maximum atomic E-state index is 13.7. The van der Waals surface area contributed by atoms with E-state index in [1.165, 1.54) is 6.07 Å². The fourth-order valence-electron chi connectivity index (χ4n) is 2.31. The second kappa shape index (κ2) is 5.80. The molecule has 1 aliphatic heterocycles. The highest BCUT2D eigenvalue weighted by molar-refractivity contribution is 6.30. The van der Waals surface area contributed by atoms with E-state index >= 15 is 0 Å². The van der Waals surface area contributed by atoms with Crippen molar-refractivity contribution in [3.05, 3.63) is 34.6 Å². The molecule has 0 radical (unpaired) electrons. The van der Waals surface area contributed by atoms with Crippen molar-refractivity contribution in [2.45, 2.75) is 25.4 Å². The van der Waals surface area contributed by atoms with Gasteiger partial charge in [-0.15, -0.1) is 0 Å². The van der Waals surface area contributed by atoms with Crippen molar-refractivity contribution in [1.29, 1.82) is 0 Å². The minimum absolute atomic E-state index is 0.122. The van der Waals surface area contributed by atoms with Gasteiger partial charge in [0.2, 0.25) is 0 Å². The Morgan fingerprint density at radius 2 is 2.35 bits per heavy atom. The van der Waals surface area contributed by atoms with Crippen LogP contribution < -0.4 is 5.32 Å². The van der Waals surface area contributed by atoms with Crippen LogP contribution in [0.3, 0.4) is 0 Å². The van der Waals surface area contributed by atoms with Crippen molar-refractivity contribution in [3.8, 4) is 0 Å². The fourth-order valence-corrected chi connectivity index (χ4v) is 2.50. The summed E-state index contributed by atoms with van der Waals surface area (Å²) < 4.78 is 13.7. The summed E-state index contributed by atoms with van der Waals surface area (Å²) in [6, 6.07) is 4.92. The first-order chi connectivity index (χ1) is 8.18. The van der Waals surface area contributed by atoms with Crippen LogP contribution in [0.2, 0.25) is 5.02 Å². The van der Waals surface area contributed by atoms with Crippen LogP contribution in [-0.2, 0) is 6.42 Å². The first-order valence-corrected chi connectivity index (χ1v) is 6.38. The molecule has 1 aromatic rings. The molecule has 2 rings (SSSR count). The molecular formula is C13H17ClFNO. The smallest absolute Gasteiger partial charge is 0.145 e. The second-order valence-electron chi connectivity index (χ2n) is 4.59. The summed E-state index contributed by atoms with van der Waals surface area (Å²) >= 11 is 5.71. The lowest BCUT2D eigenvalue weighted by Gasteiger charge is -2.27. The zero-order valence-corrected chi connectivity index (χ0v) is 10.4. The van der Waals surface area contributed by atoms with Crippen molar-refractivity contribution in [2.24, 2.45) is 5.92 Å². The molecule has 4 heteroatoms. The summed E-state index contributed by atoms with van der Waals surface area (Å²) in [5.74, 6) is -0.195. The third-order valence-electron chi connectivity index (χ3n) is 3.34. The van der Waals surface area contributed by atoms with Crippen LogP contribution in [0.5, 0.6) is 0 Å². The Bertz CT molecular complexity index is 380. The molecule has 0 amide bonds. The molecule has 0 saturated carbocycles. The SMILES string of the molecule is OC(Cc1cccc(Cl)c1F)C1CCCNC1. The Morgan fingerprint density at radius 1 is 1.53 bits per heavy atom. The number of halogens is 2. The van der Waals surface area contributed by atoms with Gasteiger partial charge >= 0.3 is 0 Å². The molecule has 2 nitrogen and oxygen atoms in total. The van der Waals surface area contributed by atoms with Crippen molar-refractivity contribution in [3.63, 3.8) is 0 Å². The Hall–Kier alpha value is -0.640. The fraction of sp³-hybridized carbons (Fsp3) is 0.538. The first-order valence-electron chi connectivity index (χ1n) is 6.00. The predicted molar refractivity (Wildman–Crippen MR) is 66.7 cm³/mol. The first kappa shape index (κ1) is 12.8. The van der Waals surface area contributed by atoms with Gasteiger partial charge in [-0.1, -0.05) is 23.7 Å². The summed E-state index contributed by atoms with van der Waals surface area (Å²) in [5, 5.41) is 13.5. The normalized spacial score (nSPS) is 22.4. The topological polar surface area (TPSA) is 32.3 Å². The number of rotatable bonds is 3. The van der Waals surface area contributed by atoms with E-state index in [1.807, 2.05) is 0 Å². The molecule has 17 heavy (non-hydrogen) atoms. The lowest BCUT2D eigenvalue weighted by atomic mass is 9.90. The van der Waals surface area contributed by atoms with Gasteiger partial charge in [-0.2, -0.15) is 0 Å². The van der Waals surface area contributed by atoms with Crippen LogP contribution in [0, 0.1) is 11.7 Å². The Morgan fingerprint density at radius 3 is 3.06 bits per heavy atom. The Balaban J connectivity index is 2.01. The highest BCUT2D eigenvalue weighted by Crippen LogP contribution is 2.22. The van der Waals surface area contributed by atoms with E-state index in [4.69, 9.17) is 11.6 Å². The van der Waals surface area contributed by atoms with E-state index in [1.54, 1.807) is 12.1 Å². The van der Waals surface area contributed by atoms with Crippen molar-refractivity contribution >= 4 is 11.6 Å². The van der Waals surface area contributed by atoms with Gasteiger partial charge in [-0.05, 0) is 36.9 Å². The number of hydrogen-bond donors (Lipinski definition) is 2. The summed E-state index contributed by atoms with van der Waals surface area (Å²) in [6.07, 6.45) is 1.89. The molecule has 0 aliphatic carbocycles. The van der Waals surface area contributed by atoms with E-state index in [0.29, 0.717) is 12.0 Å². The van der Waals surface area contributed by atoms with Crippen molar-refractivity contribution < 1.29 is 9.50 Å². The molecule has 1 fully saturated rings. The van der Waals surface area contributed by atoms with Crippen molar-refractivity contribution in [2.75, 3.05) is 13.1 Å². The maximum Gasteiger partial charge on any atom is 0.145 e. The van der Waals surface area contributed by atoms with Gasteiger partial charge in [-0.3, -0.25) is 0 Å². The Kier molecular flexibility index (Phi) is 4.37. The molecule has 0 spiro atoms. The molecule has 1 aliphatic rings.